The zero-order valence-electron chi connectivity index (χ0n) is 51.7. The largest absolute Gasteiger partial charge is 0.490 e. The molecule has 8 aromatic rings. The lowest BCUT2D eigenvalue weighted by Gasteiger charge is -2.33. The van der Waals surface area contributed by atoms with E-state index in [4.69, 9.17) is 14.2 Å². The van der Waals surface area contributed by atoms with E-state index in [2.05, 4.69) is 152 Å². The summed E-state index contributed by atoms with van der Waals surface area (Å²) in [5.74, 6) is 3.00. The van der Waals surface area contributed by atoms with E-state index in [9.17, 15) is 14.7 Å². The number of hydrogen-bond donors (Lipinski definition) is 4. The molecular formula is C77H98N6O6. The van der Waals surface area contributed by atoms with Crippen molar-refractivity contribution in [3.8, 4) is 11.5 Å². The quantitative estimate of drug-likeness (QED) is 0.0320. The van der Waals surface area contributed by atoms with Crippen LogP contribution in [-0.2, 0) is 40.0 Å². The molecule has 2 atom stereocenters. The number of carbonyl (C=O) groups is 2. The number of carbonyl (C=O) groups excluding carboxylic acids is 2. The number of nitrogens with zero attached hydrogens (tertiary/aromatic N) is 3. The van der Waals surface area contributed by atoms with Crippen molar-refractivity contribution >= 4 is 33.6 Å². The van der Waals surface area contributed by atoms with Crippen LogP contribution in [0.2, 0.25) is 0 Å². The van der Waals surface area contributed by atoms with E-state index in [1.54, 1.807) is 12.4 Å². The molecule has 4 N–H and O–H groups in total. The smallest absolute Gasteiger partial charge is 0.220 e. The van der Waals surface area contributed by atoms with E-state index in [-0.39, 0.29) is 44.0 Å². The van der Waals surface area contributed by atoms with E-state index in [1.807, 2.05) is 60.7 Å². The predicted octanol–water partition coefficient (Wildman–Crippen LogP) is 14.2. The molecule has 3 fully saturated rings. The van der Waals surface area contributed by atoms with Gasteiger partial charge in [-0.2, -0.15) is 0 Å². The van der Waals surface area contributed by atoms with Gasteiger partial charge in [0.1, 0.15) is 36.9 Å². The van der Waals surface area contributed by atoms with Crippen LogP contribution >= 0.6 is 0 Å². The number of aliphatic hydroxyl groups is 1. The number of hydrogen-bond acceptors (Lipinski definition) is 10. The molecule has 12 nitrogen and oxygen atoms in total. The Morgan fingerprint density at radius 3 is 1.35 bits per heavy atom. The fourth-order valence-electron chi connectivity index (χ4n) is 12.2. The van der Waals surface area contributed by atoms with Crippen molar-refractivity contribution in [1.29, 1.82) is 0 Å². The van der Waals surface area contributed by atoms with Gasteiger partial charge in [-0.1, -0.05) is 141 Å². The number of ether oxygens (including phenoxy) is 3. The summed E-state index contributed by atoms with van der Waals surface area (Å²) >= 11 is 0. The number of fused-ring (bicyclic) bond motifs is 2. The molecule has 0 aliphatic carbocycles. The fraction of sp³-hybridized carbons (Fsp3) is 0.429. The lowest BCUT2D eigenvalue weighted by atomic mass is 9.92. The summed E-state index contributed by atoms with van der Waals surface area (Å²) in [6.07, 6.45) is 21.5. The summed E-state index contributed by atoms with van der Waals surface area (Å²) in [6, 6.07) is 62.6. The normalized spacial score (nSPS) is 15.4. The average molecular weight is 1200 g/mol. The summed E-state index contributed by atoms with van der Waals surface area (Å²) in [6.45, 7) is 6.16. The number of piperidine rings is 2. The number of nitrogens with one attached hydrogen (secondary N) is 3. The maximum Gasteiger partial charge on any atom is 0.220 e. The summed E-state index contributed by atoms with van der Waals surface area (Å²) < 4.78 is 16.7. The van der Waals surface area contributed by atoms with Crippen LogP contribution in [0.3, 0.4) is 0 Å². The van der Waals surface area contributed by atoms with Crippen molar-refractivity contribution in [2.45, 2.75) is 147 Å². The second-order valence-corrected chi connectivity index (χ2v) is 24.3. The highest BCUT2D eigenvalue weighted by Gasteiger charge is 2.26. The third-order valence-corrected chi connectivity index (χ3v) is 17.2. The summed E-state index contributed by atoms with van der Waals surface area (Å²) in [5, 5.41) is 22.9. The van der Waals surface area contributed by atoms with Crippen molar-refractivity contribution in [3.63, 3.8) is 0 Å². The van der Waals surface area contributed by atoms with Crippen LogP contribution in [0.4, 0.5) is 0 Å². The van der Waals surface area contributed by atoms with Gasteiger partial charge in [0.2, 0.25) is 11.8 Å². The summed E-state index contributed by atoms with van der Waals surface area (Å²) in [7, 11) is 0. The van der Waals surface area contributed by atoms with Gasteiger partial charge in [0.15, 0.2) is 0 Å². The van der Waals surface area contributed by atoms with Crippen LogP contribution < -0.4 is 25.4 Å². The number of likely N-dealkylation sites (tertiary alicyclic amines) is 1. The highest BCUT2D eigenvalue weighted by molar-refractivity contribution is 5.85. The number of aryl methyl sites for hydroxylation is 4. The maximum absolute atomic E-state index is 13.2. The van der Waals surface area contributed by atoms with Gasteiger partial charge in [-0.3, -0.25) is 19.6 Å². The molecule has 2 amide bonds. The fourth-order valence-corrected chi connectivity index (χ4v) is 12.2. The SMILES string of the molecule is C.O=C(CC1CCN(CC(O)COc2cccc3ncccc23)CC1)NC(CCCc1ccccc1)CCCc1ccccc1.O=C(CC1CCNCC1)NC(CCCc1ccccc1)CCCc1ccccc1.c1cc(OCC2CO2)c2cccnc2c1. The van der Waals surface area contributed by atoms with Gasteiger partial charge in [-0.15, -0.1) is 0 Å². The van der Waals surface area contributed by atoms with Crippen LogP contribution in [-0.4, -0.2) is 109 Å². The summed E-state index contributed by atoms with van der Waals surface area (Å²) in [5.41, 5.74) is 7.34. The van der Waals surface area contributed by atoms with Gasteiger partial charge < -0.3 is 40.2 Å². The first kappa shape index (κ1) is 67.5. The average Bonchev–Trinajstić information content (AvgIpc) is 4.18. The Bertz CT molecular complexity index is 3130. The molecule has 0 radical (unpaired) electrons. The second kappa shape index (κ2) is 38.2. The second-order valence-electron chi connectivity index (χ2n) is 24.3. The van der Waals surface area contributed by atoms with E-state index < -0.39 is 6.10 Å². The van der Waals surface area contributed by atoms with E-state index in [0.29, 0.717) is 37.8 Å². The molecule has 2 aromatic heterocycles. The van der Waals surface area contributed by atoms with E-state index in [1.165, 1.54) is 22.3 Å². The van der Waals surface area contributed by atoms with E-state index >= 15 is 0 Å². The molecule has 12 heteroatoms. The van der Waals surface area contributed by atoms with Crippen molar-refractivity contribution in [3.05, 3.63) is 217 Å². The molecule has 11 rings (SSSR count). The minimum atomic E-state index is -0.575. The van der Waals surface area contributed by atoms with Gasteiger partial charge >= 0.3 is 0 Å². The molecule has 0 bridgehead atoms. The predicted molar refractivity (Wildman–Crippen MR) is 362 cm³/mol. The lowest BCUT2D eigenvalue weighted by Crippen LogP contribution is -2.42. The number of amides is 2. The maximum atomic E-state index is 13.2. The Hall–Kier alpha value is -7.48. The molecule has 3 saturated heterocycles. The first-order valence-electron chi connectivity index (χ1n) is 32.8. The zero-order valence-corrected chi connectivity index (χ0v) is 51.7. The van der Waals surface area contributed by atoms with Crippen LogP contribution in [0.25, 0.3) is 21.8 Å². The minimum absolute atomic E-state index is 0. The van der Waals surface area contributed by atoms with Crippen LogP contribution in [0, 0.1) is 11.8 Å². The molecule has 5 heterocycles. The van der Waals surface area contributed by atoms with Crippen LogP contribution in [0.1, 0.15) is 120 Å². The zero-order chi connectivity index (χ0) is 60.6. The minimum Gasteiger partial charge on any atom is -0.490 e. The van der Waals surface area contributed by atoms with Gasteiger partial charge in [0, 0.05) is 54.6 Å². The van der Waals surface area contributed by atoms with Gasteiger partial charge in [-0.25, -0.2) is 0 Å². The molecule has 0 saturated carbocycles. The molecule has 6 aromatic carbocycles. The number of β-amino-alcohol motifs (C(OH)–C–C–N with tert-alkyl or cyclic N) is 1. The first-order chi connectivity index (χ1) is 43.3. The number of benzene rings is 6. The lowest BCUT2D eigenvalue weighted by molar-refractivity contribution is -0.124. The van der Waals surface area contributed by atoms with Crippen LogP contribution in [0.15, 0.2) is 194 Å². The highest BCUT2D eigenvalue weighted by Crippen LogP contribution is 2.27. The molecule has 89 heavy (non-hydrogen) atoms. The third kappa shape index (κ3) is 24.8. The van der Waals surface area contributed by atoms with Gasteiger partial charge in [0.05, 0.1) is 17.6 Å². The van der Waals surface area contributed by atoms with Gasteiger partial charge in [-0.05, 0) is 212 Å². The monoisotopic (exact) mass is 1200 g/mol. The highest BCUT2D eigenvalue weighted by atomic mass is 16.6. The molecule has 3 aliphatic rings. The molecule has 0 spiro atoms. The molecule has 472 valence electrons. The Morgan fingerprint density at radius 1 is 0.528 bits per heavy atom. The number of aliphatic hydroxyl groups excluding tert-OH is 1. The standard InChI is InChI=1S/C38H47N3O3.C26H36N2O.C12H11NO2.CH4/c42-34(29-44-37-21-9-20-36-35(37)19-10-24-39-36)28-41-25-22-32(23-26-41)27-38(43)40-33(17-7-15-30-11-3-1-4-12-30)18-8-16-31-13-5-2-6-14-31;29-26(21-24-17-19-27-20-18-24)28-25(15-7-13-22-9-3-1-4-10-22)16-8-14-23-11-5-2-6-12-23;1-4-11-10(3-2-6-13-11)12(5-1)15-8-9-7-14-9;/h1-6,9-14,19-21,24,32-34,42H,7-8,15-18,22-23,25-29H2,(H,40,43);1-6,9-12,24-25,27H,7-8,13-21H2,(H,28,29);1-6,9H,7-8H2;1H4. The molecule has 2 unspecified atom stereocenters. The Labute approximate surface area is 530 Å². The Kier molecular flexibility index (Phi) is 28.9. The Balaban J connectivity index is 0.000000193. The van der Waals surface area contributed by atoms with E-state index in [0.717, 1.165) is 169 Å². The number of pyridine rings is 2. The molecular weight excluding hydrogens is 1100 g/mol. The van der Waals surface area contributed by atoms with Crippen LogP contribution in [0.5, 0.6) is 11.5 Å². The van der Waals surface area contributed by atoms with Gasteiger partial charge in [0.25, 0.3) is 0 Å². The van der Waals surface area contributed by atoms with Crippen molar-refractivity contribution < 1.29 is 28.9 Å². The third-order valence-electron chi connectivity index (χ3n) is 17.2. The number of aromatic nitrogens is 2. The van der Waals surface area contributed by atoms with Crippen molar-refractivity contribution in [2.24, 2.45) is 11.8 Å². The van der Waals surface area contributed by atoms with Crippen molar-refractivity contribution in [2.75, 3.05) is 52.5 Å². The summed E-state index contributed by atoms with van der Waals surface area (Å²) in [4.78, 5) is 36.8. The van der Waals surface area contributed by atoms with Crippen molar-refractivity contribution in [1.82, 2.24) is 30.8 Å². The first-order valence-corrected chi connectivity index (χ1v) is 32.8. The Morgan fingerprint density at radius 2 is 0.933 bits per heavy atom. The topological polar surface area (TPSA) is 150 Å². The number of rotatable bonds is 30. The molecule has 3 aliphatic heterocycles. The number of epoxide rings is 1.